The molecule has 4 nitrogen and oxygen atoms in total. The summed E-state index contributed by atoms with van der Waals surface area (Å²) in [4.78, 5) is 0. The minimum Gasteiger partial charge on any atom is -0.493 e. The first-order valence-corrected chi connectivity index (χ1v) is 12.0. The third-order valence-electron chi connectivity index (χ3n) is 6.39. The monoisotopic (exact) mass is 518 g/mol. The van der Waals surface area contributed by atoms with E-state index >= 15 is 0 Å². The second-order valence-electron chi connectivity index (χ2n) is 8.27. The number of rotatable bonds is 6. The first-order valence-electron chi connectivity index (χ1n) is 11.3. The molecule has 0 unspecified atom stereocenters. The number of methoxy groups -OCH3 is 4. The van der Waals surface area contributed by atoms with Gasteiger partial charge in [0.1, 0.15) is 0 Å². The van der Waals surface area contributed by atoms with Gasteiger partial charge < -0.3 is 18.9 Å². The largest absolute Gasteiger partial charge is 0.493 e. The Hall–Kier alpha value is -3.60. The number of benzene rings is 5. The maximum Gasteiger partial charge on any atom is 0.161 e. The molecule has 5 aromatic rings. The van der Waals surface area contributed by atoms with Gasteiger partial charge in [-0.05, 0) is 92.3 Å². The Balaban J connectivity index is 2.06. The van der Waals surface area contributed by atoms with E-state index in [1.807, 2.05) is 72.8 Å². The molecule has 0 radical (unpaired) electrons. The van der Waals surface area contributed by atoms with Gasteiger partial charge in [-0.3, -0.25) is 0 Å². The minimum absolute atomic E-state index is 0.641. The second-order valence-corrected chi connectivity index (χ2v) is 9.14. The van der Waals surface area contributed by atoms with E-state index in [1.165, 1.54) is 0 Å². The molecule has 0 amide bonds. The van der Waals surface area contributed by atoms with Crippen molar-refractivity contribution in [3.8, 4) is 45.3 Å². The fourth-order valence-electron chi connectivity index (χ4n) is 4.73. The quantitative estimate of drug-likeness (QED) is 0.210. The lowest BCUT2D eigenvalue weighted by molar-refractivity contribution is 0.355. The highest BCUT2D eigenvalue weighted by Crippen LogP contribution is 2.49. The van der Waals surface area contributed by atoms with E-state index in [2.05, 4.69) is 0 Å². The molecule has 36 heavy (non-hydrogen) atoms. The molecule has 5 rings (SSSR count). The summed E-state index contributed by atoms with van der Waals surface area (Å²) in [5, 5.41) is 5.34. The molecule has 0 saturated carbocycles. The molecule has 182 valence electrons. The zero-order valence-electron chi connectivity index (χ0n) is 20.3. The van der Waals surface area contributed by atoms with Crippen LogP contribution in [0.25, 0.3) is 43.8 Å². The van der Waals surface area contributed by atoms with Crippen LogP contribution in [0.3, 0.4) is 0 Å². The van der Waals surface area contributed by atoms with Crippen LogP contribution in [0.2, 0.25) is 10.0 Å². The zero-order chi connectivity index (χ0) is 25.4. The van der Waals surface area contributed by atoms with Crippen LogP contribution in [0.4, 0.5) is 0 Å². The van der Waals surface area contributed by atoms with Crippen molar-refractivity contribution in [3.63, 3.8) is 0 Å². The molecule has 0 aliphatic heterocycles. The van der Waals surface area contributed by atoms with Crippen molar-refractivity contribution < 1.29 is 18.9 Å². The molecule has 0 aliphatic rings. The number of halogens is 2. The van der Waals surface area contributed by atoms with Gasteiger partial charge in [0, 0.05) is 10.0 Å². The van der Waals surface area contributed by atoms with E-state index in [0.717, 1.165) is 43.8 Å². The van der Waals surface area contributed by atoms with Crippen molar-refractivity contribution in [2.45, 2.75) is 0 Å². The SMILES string of the molecule is COc1cc2c(-c3ccc(Cl)cc3)c3cc(OC)c(OC)cc3c(-c3ccc(Cl)cc3)c2cc1OC. The number of fused-ring (bicyclic) bond motifs is 2. The predicted octanol–water partition coefficient (Wildman–Crippen LogP) is 8.67. The molecular formula is C30H24Cl2O4. The molecule has 6 heteroatoms. The molecule has 0 aromatic heterocycles. The van der Waals surface area contributed by atoms with E-state index < -0.39 is 0 Å². The first-order chi connectivity index (χ1) is 17.5. The summed E-state index contributed by atoms with van der Waals surface area (Å²) in [6, 6.07) is 23.7. The van der Waals surface area contributed by atoms with Crippen LogP contribution in [0.5, 0.6) is 23.0 Å². The van der Waals surface area contributed by atoms with Gasteiger partial charge in [0.2, 0.25) is 0 Å². The van der Waals surface area contributed by atoms with Gasteiger partial charge in [-0.25, -0.2) is 0 Å². The summed E-state index contributed by atoms with van der Waals surface area (Å²) in [5.74, 6) is 2.56. The van der Waals surface area contributed by atoms with Gasteiger partial charge in [-0.2, -0.15) is 0 Å². The molecule has 0 saturated heterocycles. The van der Waals surface area contributed by atoms with Crippen LogP contribution < -0.4 is 18.9 Å². The average Bonchev–Trinajstić information content (AvgIpc) is 2.91. The Morgan fingerprint density at radius 1 is 0.417 bits per heavy atom. The number of hydrogen-bond acceptors (Lipinski definition) is 4. The molecule has 0 fully saturated rings. The standard InChI is InChI=1S/C30H24Cl2O4/c1-33-25-13-21-22(14-26(25)34-2)30(18-7-11-20(32)12-8-18)24-16-28(36-4)27(35-3)15-23(24)29(21)17-5-9-19(31)10-6-17/h5-16H,1-4H3. The lowest BCUT2D eigenvalue weighted by Crippen LogP contribution is -1.97. The summed E-state index contributed by atoms with van der Waals surface area (Å²) in [5.41, 5.74) is 4.07. The number of ether oxygens (including phenoxy) is 4. The zero-order valence-corrected chi connectivity index (χ0v) is 21.8. The van der Waals surface area contributed by atoms with Crippen molar-refractivity contribution in [3.05, 3.63) is 82.8 Å². The van der Waals surface area contributed by atoms with Crippen molar-refractivity contribution >= 4 is 44.7 Å². The summed E-state index contributed by atoms with van der Waals surface area (Å²) >= 11 is 12.5. The third kappa shape index (κ3) is 4.06. The van der Waals surface area contributed by atoms with Crippen LogP contribution in [-0.4, -0.2) is 28.4 Å². The Kier molecular flexibility index (Phi) is 6.57. The molecule has 0 aliphatic carbocycles. The molecule has 0 atom stereocenters. The lowest BCUT2D eigenvalue weighted by atomic mass is 9.85. The van der Waals surface area contributed by atoms with Crippen molar-refractivity contribution in [2.24, 2.45) is 0 Å². The van der Waals surface area contributed by atoms with Gasteiger partial charge in [-0.1, -0.05) is 47.5 Å². The Morgan fingerprint density at radius 2 is 0.667 bits per heavy atom. The maximum absolute atomic E-state index is 6.24. The van der Waals surface area contributed by atoms with Crippen molar-refractivity contribution in [2.75, 3.05) is 28.4 Å². The average molecular weight is 519 g/mol. The summed E-state index contributed by atoms with van der Waals surface area (Å²) in [6.07, 6.45) is 0. The van der Waals surface area contributed by atoms with E-state index in [1.54, 1.807) is 28.4 Å². The van der Waals surface area contributed by atoms with Crippen LogP contribution in [-0.2, 0) is 0 Å². The Morgan fingerprint density at radius 3 is 0.889 bits per heavy atom. The topological polar surface area (TPSA) is 36.9 Å². The van der Waals surface area contributed by atoms with Gasteiger partial charge in [0.25, 0.3) is 0 Å². The van der Waals surface area contributed by atoms with Gasteiger partial charge in [-0.15, -0.1) is 0 Å². The highest BCUT2D eigenvalue weighted by atomic mass is 35.5. The fraction of sp³-hybridized carbons (Fsp3) is 0.133. The fourth-order valence-corrected chi connectivity index (χ4v) is 4.98. The van der Waals surface area contributed by atoms with Crippen LogP contribution in [0, 0.1) is 0 Å². The van der Waals surface area contributed by atoms with Gasteiger partial charge >= 0.3 is 0 Å². The van der Waals surface area contributed by atoms with Crippen LogP contribution >= 0.6 is 23.2 Å². The van der Waals surface area contributed by atoms with Crippen molar-refractivity contribution in [1.82, 2.24) is 0 Å². The van der Waals surface area contributed by atoms with Crippen molar-refractivity contribution in [1.29, 1.82) is 0 Å². The van der Waals surface area contributed by atoms with E-state index in [0.29, 0.717) is 33.0 Å². The van der Waals surface area contributed by atoms with Gasteiger partial charge in [0.05, 0.1) is 28.4 Å². The summed E-state index contributed by atoms with van der Waals surface area (Å²) in [6.45, 7) is 0. The molecule has 0 heterocycles. The molecule has 0 spiro atoms. The smallest absolute Gasteiger partial charge is 0.161 e. The second kappa shape index (κ2) is 9.81. The molecule has 0 N–H and O–H groups in total. The summed E-state index contributed by atoms with van der Waals surface area (Å²) in [7, 11) is 6.56. The van der Waals surface area contributed by atoms with Crippen LogP contribution in [0.1, 0.15) is 0 Å². The van der Waals surface area contributed by atoms with Gasteiger partial charge in [0.15, 0.2) is 23.0 Å². The Labute approximate surface area is 219 Å². The minimum atomic E-state index is 0.641. The lowest BCUT2D eigenvalue weighted by Gasteiger charge is -2.21. The Bertz CT molecular complexity index is 1380. The highest BCUT2D eigenvalue weighted by Gasteiger charge is 2.22. The van der Waals surface area contributed by atoms with E-state index in [4.69, 9.17) is 42.1 Å². The molecule has 0 bridgehead atoms. The maximum atomic E-state index is 6.24. The van der Waals surface area contributed by atoms with Crippen LogP contribution in [0.15, 0.2) is 72.8 Å². The predicted molar refractivity (Wildman–Crippen MR) is 149 cm³/mol. The van der Waals surface area contributed by atoms with E-state index in [9.17, 15) is 0 Å². The molecule has 5 aromatic carbocycles. The normalized spacial score (nSPS) is 11.1. The molecular weight excluding hydrogens is 495 g/mol. The van der Waals surface area contributed by atoms with E-state index in [-0.39, 0.29) is 0 Å². The third-order valence-corrected chi connectivity index (χ3v) is 6.89. The first kappa shape index (κ1) is 24.1. The number of hydrogen-bond donors (Lipinski definition) is 0. The highest BCUT2D eigenvalue weighted by molar-refractivity contribution is 6.31. The summed E-state index contributed by atoms with van der Waals surface area (Å²) < 4.78 is 22.8.